The number of unbranched alkanes of at least 4 members (excludes halogenated alkanes) is 13. The molecule has 3 heterocycles. The van der Waals surface area contributed by atoms with Crippen molar-refractivity contribution < 1.29 is 39.5 Å². The van der Waals surface area contributed by atoms with Gasteiger partial charge in [0.25, 0.3) is 0 Å². The number of alkyl carbamates (subject to hydrolysis) is 1. The van der Waals surface area contributed by atoms with Crippen LogP contribution in [0.4, 0.5) is 4.79 Å². The summed E-state index contributed by atoms with van der Waals surface area (Å²) < 4.78 is 10.9. The molecular weight excluding hydrogens is 751 g/mol. The molecule has 0 aromatic heterocycles. The lowest BCUT2D eigenvalue weighted by molar-refractivity contribution is -0.230. The van der Waals surface area contributed by atoms with E-state index in [0.29, 0.717) is 31.9 Å². The maximum atomic E-state index is 13.4. The highest BCUT2D eigenvalue weighted by molar-refractivity contribution is 5.76. The first-order chi connectivity index (χ1) is 28.8. The lowest BCUT2D eigenvalue weighted by atomic mass is 9.92. The van der Waals surface area contributed by atoms with Gasteiger partial charge in [-0.25, -0.2) is 4.79 Å². The molecule has 4 rings (SSSR count). The predicted octanol–water partition coefficient (Wildman–Crippen LogP) is 5.28. The Morgan fingerprint density at radius 2 is 1.25 bits per heavy atom. The Morgan fingerprint density at radius 3 is 1.97 bits per heavy atom. The molecule has 3 aliphatic heterocycles. The quantitative estimate of drug-likeness (QED) is 0.0865. The van der Waals surface area contributed by atoms with E-state index in [9.17, 15) is 30.0 Å². The number of fused-ring (bicyclic) bond motifs is 2. The maximum Gasteiger partial charge on any atom is 0.407 e. The zero-order valence-electron chi connectivity index (χ0n) is 36.3. The largest absolute Gasteiger partial charge is 0.445 e. The van der Waals surface area contributed by atoms with Crippen LogP contribution in [0, 0.1) is 0 Å². The van der Waals surface area contributed by atoms with Crippen LogP contribution in [-0.2, 0) is 20.9 Å². The maximum absolute atomic E-state index is 13.4. The van der Waals surface area contributed by atoms with E-state index < -0.39 is 30.5 Å². The van der Waals surface area contributed by atoms with E-state index in [0.717, 1.165) is 135 Å². The number of carbonyl (C=O) groups excluding carboxylic acids is 2. The van der Waals surface area contributed by atoms with Crippen LogP contribution >= 0.6 is 0 Å². The van der Waals surface area contributed by atoms with Crippen LogP contribution in [0.5, 0.6) is 0 Å². The van der Waals surface area contributed by atoms with Gasteiger partial charge in [0.1, 0.15) is 31.0 Å². The fraction of sp³-hybridized carbons (Fsp3) is 0.826. The highest BCUT2D eigenvalue weighted by Gasteiger charge is 2.42. The van der Waals surface area contributed by atoms with Gasteiger partial charge in [-0.15, -0.1) is 0 Å². The molecule has 1 aromatic rings. The van der Waals surface area contributed by atoms with Crippen molar-refractivity contribution in [1.82, 2.24) is 24.9 Å². The van der Waals surface area contributed by atoms with Crippen molar-refractivity contribution >= 4 is 12.0 Å². The number of nitrogens with zero attached hydrogens (tertiary/aromatic N) is 4. The van der Waals surface area contributed by atoms with Crippen molar-refractivity contribution in [1.29, 1.82) is 0 Å². The molecule has 3 aliphatic rings. The minimum atomic E-state index is -1.30. The molecule has 0 aliphatic carbocycles. The van der Waals surface area contributed by atoms with Crippen molar-refractivity contribution in [2.45, 2.75) is 166 Å². The number of benzene rings is 1. The number of nitrogens with one attached hydrogen (secondary N) is 1. The highest BCUT2D eigenvalue weighted by Crippen LogP contribution is 2.25. The molecule has 2 bridgehead atoms. The molecule has 3 saturated heterocycles. The van der Waals surface area contributed by atoms with Crippen LogP contribution in [0.2, 0.25) is 0 Å². The number of hydrogen-bond donors (Lipinski definition) is 5. The summed E-state index contributed by atoms with van der Waals surface area (Å²) in [5, 5.41) is 42.5. The van der Waals surface area contributed by atoms with E-state index in [4.69, 9.17) is 9.47 Å². The third-order valence-corrected chi connectivity index (χ3v) is 12.5. The number of carbonyl (C=O) groups is 2. The molecule has 1 aromatic carbocycles. The Hall–Kier alpha value is -2.36. The van der Waals surface area contributed by atoms with Gasteiger partial charge in [0, 0.05) is 58.8 Å². The summed E-state index contributed by atoms with van der Waals surface area (Å²) >= 11 is 0. The first kappa shape index (κ1) is 49.3. The third kappa shape index (κ3) is 19.9. The zero-order chi connectivity index (χ0) is 41.9. The number of ether oxygens (including phenoxy) is 2. The molecule has 0 spiro atoms. The van der Waals surface area contributed by atoms with Gasteiger partial charge < -0.3 is 45.0 Å². The first-order valence-electron chi connectivity index (χ1n) is 23.5. The number of amides is 2. The zero-order valence-corrected chi connectivity index (χ0v) is 36.3. The summed E-state index contributed by atoms with van der Waals surface area (Å²) in [6, 6.07) is 9.75. The summed E-state index contributed by atoms with van der Waals surface area (Å²) in [6.07, 6.45) is 15.8. The van der Waals surface area contributed by atoms with Gasteiger partial charge in [-0.1, -0.05) is 107 Å². The van der Waals surface area contributed by atoms with Crippen LogP contribution in [-0.4, -0.2) is 161 Å². The van der Waals surface area contributed by atoms with Crippen molar-refractivity contribution in [2.24, 2.45) is 0 Å². The van der Waals surface area contributed by atoms with Crippen LogP contribution in [0.3, 0.4) is 0 Å². The Morgan fingerprint density at radius 1 is 0.644 bits per heavy atom. The van der Waals surface area contributed by atoms with Gasteiger partial charge >= 0.3 is 6.09 Å². The smallest absolute Gasteiger partial charge is 0.407 e. The molecule has 2 unspecified atom stereocenters. The van der Waals surface area contributed by atoms with E-state index in [-0.39, 0.29) is 12.7 Å². The van der Waals surface area contributed by atoms with E-state index in [2.05, 4.69) is 24.9 Å². The molecule has 13 heteroatoms. The van der Waals surface area contributed by atoms with Crippen LogP contribution < -0.4 is 5.32 Å². The van der Waals surface area contributed by atoms with Crippen molar-refractivity contribution in [3.05, 3.63) is 35.9 Å². The van der Waals surface area contributed by atoms with E-state index >= 15 is 0 Å². The molecule has 2 amide bonds. The summed E-state index contributed by atoms with van der Waals surface area (Å²) in [5.74, 6) is 0.307. The Kier molecular flexibility index (Phi) is 24.9. The molecule has 338 valence electrons. The number of aliphatic hydroxyl groups is 4. The van der Waals surface area contributed by atoms with E-state index in [1.807, 2.05) is 30.3 Å². The molecule has 13 nitrogen and oxygen atoms in total. The predicted molar refractivity (Wildman–Crippen MR) is 232 cm³/mol. The molecule has 7 atom stereocenters. The van der Waals surface area contributed by atoms with Gasteiger partial charge in [-0.05, 0) is 63.6 Å². The average molecular weight is 832 g/mol. The Labute approximate surface area is 355 Å². The second-order valence-corrected chi connectivity index (χ2v) is 17.4. The van der Waals surface area contributed by atoms with Crippen LogP contribution in [0.15, 0.2) is 30.3 Å². The summed E-state index contributed by atoms with van der Waals surface area (Å²) in [7, 11) is 0. The average Bonchev–Trinajstić information content (AvgIpc) is 3.26. The van der Waals surface area contributed by atoms with Gasteiger partial charge in [0.15, 0.2) is 0 Å². The summed E-state index contributed by atoms with van der Waals surface area (Å²) in [6.45, 7) is 11.0. The third-order valence-electron chi connectivity index (χ3n) is 12.5. The van der Waals surface area contributed by atoms with Crippen LogP contribution in [0.25, 0.3) is 0 Å². The number of aliphatic hydroxyl groups excluding tert-OH is 4. The fourth-order valence-corrected chi connectivity index (χ4v) is 8.75. The molecule has 0 saturated carbocycles. The minimum Gasteiger partial charge on any atom is -0.445 e. The van der Waals surface area contributed by atoms with Crippen LogP contribution in [0.1, 0.15) is 134 Å². The minimum absolute atomic E-state index is 0.305. The van der Waals surface area contributed by atoms with Gasteiger partial charge in [-0.3, -0.25) is 14.6 Å². The number of hydrogen-bond acceptors (Lipinski definition) is 11. The van der Waals surface area contributed by atoms with Crippen molar-refractivity contribution in [2.75, 3.05) is 78.7 Å². The summed E-state index contributed by atoms with van der Waals surface area (Å²) in [5.41, 5.74) is 0.995. The van der Waals surface area contributed by atoms with E-state index in [1.165, 1.54) is 51.5 Å². The molecule has 3 fully saturated rings. The first-order valence-corrected chi connectivity index (χ1v) is 23.5. The number of rotatable bonds is 24. The molecular formula is C46H81N5O8. The Bertz CT molecular complexity index is 1250. The topological polar surface area (TPSA) is 159 Å². The molecule has 0 radical (unpaired) electrons. The second-order valence-electron chi connectivity index (χ2n) is 17.4. The van der Waals surface area contributed by atoms with Crippen molar-refractivity contribution in [3.63, 3.8) is 0 Å². The summed E-state index contributed by atoms with van der Waals surface area (Å²) in [4.78, 5) is 35.3. The lowest BCUT2D eigenvalue weighted by Gasteiger charge is -2.40. The highest BCUT2D eigenvalue weighted by atomic mass is 16.6. The monoisotopic (exact) mass is 832 g/mol. The second kappa shape index (κ2) is 29.8. The van der Waals surface area contributed by atoms with Crippen molar-refractivity contribution in [3.8, 4) is 0 Å². The standard InChI is InChI=1S/C46H81N5O8/c52-36-41-44(55)45(56)43(54)40(59-41)24-15-8-4-3-5-9-16-25-42(53)51-31-20-19-28-48(32-33-49-29-21-30-50(38-49)34-35-51)27-18-11-7-2-1-6-10-17-26-47-46(57)58-37-39-22-13-12-14-23-39/h12-14,22-23,40-41,43-45,52,54-56H,1-11,15-21,24-38H2,(H,47,57)/t40-,41+,43-,44+,45+/m0/s1. The van der Waals surface area contributed by atoms with Gasteiger partial charge in [0.05, 0.1) is 19.4 Å². The SMILES string of the molecule is O=C(NCCCCCCCCCCN1CCCCN(C(=O)CCCCCCCCC[C@@H]2O[C@H](CO)[C@@H](O)[C@H](O)[C@H]2O)CCN2CCCN(CC1)C2)OCc1ccccc1. The molecule has 59 heavy (non-hydrogen) atoms. The van der Waals surface area contributed by atoms with Gasteiger partial charge in [-0.2, -0.15) is 0 Å². The lowest BCUT2D eigenvalue weighted by Crippen LogP contribution is -2.58. The Balaban J connectivity index is 1.02. The van der Waals surface area contributed by atoms with Gasteiger partial charge in [0.2, 0.25) is 5.91 Å². The molecule has 5 N–H and O–H groups in total. The normalized spacial score (nSPS) is 26.0. The van der Waals surface area contributed by atoms with E-state index in [1.54, 1.807) is 0 Å². The fourth-order valence-electron chi connectivity index (χ4n) is 8.75.